The molecule has 12 heavy (non-hydrogen) atoms. The van der Waals surface area contributed by atoms with Gasteiger partial charge in [0.05, 0.1) is 5.92 Å². The maximum atomic E-state index is 11.3. The summed E-state index contributed by atoms with van der Waals surface area (Å²) >= 11 is 0. The molecular formula is C10H17O2. The Morgan fingerprint density at radius 3 is 2.42 bits per heavy atom. The van der Waals surface area contributed by atoms with Crippen LogP contribution in [-0.2, 0) is 9.59 Å². The Morgan fingerprint density at radius 1 is 1.33 bits per heavy atom. The molecule has 0 aromatic carbocycles. The van der Waals surface area contributed by atoms with Crippen LogP contribution in [0.3, 0.4) is 0 Å². The number of ketones is 1. The van der Waals surface area contributed by atoms with E-state index in [1.807, 2.05) is 20.1 Å². The Kier molecular flexibility index (Phi) is 6.63. The predicted molar refractivity (Wildman–Crippen MR) is 48.6 cm³/mol. The second-order valence-corrected chi connectivity index (χ2v) is 3.03. The van der Waals surface area contributed by atoms with Gasteiger partial charge in [-0.05, 0) is 12.8 Å². The molecule has 69 valence electrons. The summed E-state index contributed by atoms with van der Waals surface area (Å²) in [5.74, 6) is -0.393. The van der Waals surface area contributed by atoms with Crippen LogP contribution >= 0.6 is 0 Å². The Hall–Kier alpha value is -0.660. The third-order valence-electron chi connectivity index (χ3n) is 1.88. The minimum atomic E-state index is -0.457. The second-order valence-electron chi connectivity index (χ2n) is 3.03. The summed E-state index contributed by atoms with van der Waals surface area (Å²) in [6, 6.07) is 0. The topological polar surface area (TPSA) is 34.1 Å². The monoisotopic (exact) mass is 169 g/mol. The van der Waals surface area contributed by atoms with Crippen molar-refractivity contribution in [2.75, 3.05) is 0 Å². The Labute approximate surface area is 74.3 Å². The number of Topliss-reactive ketones (excluding diaryl/α,β-unsaturated/α-hetero) is 1. The van der Waals surface area contributed by atoms with Crippen LogP contribution in [0.25, 0.3) is 0 Å². The fourth-order valence-corrected chi connectivity index (χ4v) is 1.10. The van der Waals surface area contributed by atoms with Crippen molar-refractivity contribution in [3.63, 3.8) is 0 Å². The van der Waals surface area contributed by atoms with Gasteiger partial charge in [-0.1, -0.05) is 26.7 Å². The van der Waals surface area contributed by atoms with E-state index in [1.54, 1.807) is 0 Å². The van der Waals surface area contributed by atoms with Crippen molar-refractivity contribution in [1.29, 1.82) is 0 Å². The van der Waals surface area contributed by atoms with E-state index in [0.717, 1.165) is 19.3 Å². The minimum absolute atomic E-state index is 0.0636. The summed E-state index contributed by atoms with van der Waals surface area (Å²) in [6.45, 7) is 4.00. The molecule has 0 aromatic rings. The van der Waals surface area contributed by atoms with Crippen LogP contribution in [0.5, 0.6) is 0 Å². The highest BCUT2D eigenvalue weighted by Crippen LogP contribution is 2.09. The van der Waals surface area contributed by atoms with Gasteiger partial charge in [0.1, 0.15) is 5.78 Å². The molecule has 0 N–H and O–H groups in total. The average molecular weight is 169 g/mol. The lowest BCUT2D eigenvalue weighted by Gasteiger charge is -2.05. The van der Waals surface area contributed by atoms with Crippen LogP contribution in [-0.4, -0.2) is 12.1 Å². The second kappa shape index (κ2) is 7.01. The zero-order valence-corrected chi connectivity index (χ0v) is 7.93. The van der Waals surface area contributed by atoms with E-state index < -0.39 is 5.92 Å². The maximum Gasteiger partial charge on any atom is 0.209 e. The van der Waals surface area contributed by atoms with Crippen LogP contribution in [0.2, 0.25) is 0 Å². The minimum Gasteiger partial charge on any atom is -0.299 e. The van der Waals surface area contributed by atoms with Crippen LogP contribution in [0.4, 0.5) is 0 Å². The summed E-state index contributed by atoms with van der Waals surface area (Å²) in [5.41, 5.74) is 0. The highest BCUT2D eigenvalue weighted by Gasteiger charge is 2.16. The van der Waals surface area contributed by atoms with Gasteiger partial charge in [0.25, 0.3) is 0 Å². The van der Waals surface area contributed by atoms with Gasteiger partial charge in [-0.2, -0.15) is 0 Å². The quantitative estimate of drug-likeness (QED) is 0.548. The molecule has 0 aliphatic heterocycles. The first-order valence-electron chi connectivity index (χ1n) is 4.66. The molecule has 0 aliphatic carbocycles. The van der Waals surface area contributed by atoms with Crippen molar-refractivity contribution in [1.82, 2.24) is 0 Å². The third kappa shape index (κ3) is 4.27. The Morgan fingerprint density at radius 2 is 2.00 bits per heavy atom. The van der Waals surface area contributed by atoms with E-state index in [0.29, 0.717) is 12.8 Å². The number of hydrogen-bond acceptors (Lipinski definition) is 2. The van der Waals surface area contributed by atoms with E-state index >= 15 is 0 Å². The van der Waals surface area contributed by atoms with Crippen LogP contribution < -0.4 is 0 Å². The molecule has 1 unspecified atom stereocenters. The smallest absolute Gasteiger partial charge is 0.209 e. The average Bonchev–Trinajstić information content (AvgIpc) is 2.10. The van der Waals surface area contributed by atoms with Gasteiger partial charge >= 0.3 is 0 Å². The molecule has 0 saturated carbocycles. The fraction of sp³-hybridized carbons (Fsp3) is 0.800. The zero-order chi connectivity index (χ0) is 9.40. The van der Waals surface area contributed by atoms with E-state index in [1.165, 1.54) is 0 Å². The molecule has 2 nitrogen and oxygen atoms in total. The fourth-order valence-electron chi connectivity index (χ4n) is 1.10. The molecule has 0 fully saturated rings. The molecule has 0 aromatic heterocycles. The molecule has 0 aliphatic rings. The van der Waals surface area contributed by atoms with Gasteiger partial charge in [0.15, 0.2) is 0 Å². The number of rotatable bonds is 7. The summed E-state index contributed by atoms with van der Waals surface area (Å²) in [6.07, 6.45) is 5.77. The highest BCUT2D eigenvalue weighted by molar-refractivity contribution is 5.93. The summed E-state index contributed by atoms with van der Waals surface area (Å²) < 4.78 is 0. The van der Waals surface area contributed by atoms with E-state index in [9.17, 15) is 9.59 Å². The van der Waals surface area contributed by atoms with Crippen molar-refractivity contribution in [3.8, 4) is 0 Å². The molecule has 1 atom stereocenters. The van der Waals surface area contributed by atoms with Gasteiger partial charge in [0, 0.05) is 6.42 Å². The largest absolute Gasteiger partial charge is 0.299 e. The van der Waals surface area contributed by atoms with Gasteiger partial charge in [-0.3, -0.25) is 9.59 Å². The SMILES string of the molecule is CCCCC(=O)C([C]=O)CCC. The molecule has 1 radical (unpaired) electrons. The van der Waals surface area contributed by atoms with Crippen LogP contribution in [0.15, 0.2) is 0 Å². The van der Waals surface area contributed by atoms with E-state index in [-0.39, 0.29) is 5.78 Å². The first kappa shape index (κ1) is 11.3. The first-order valence-corrected chi connectivity index (χ1v) is 4.66. The highest BCUT2D eigenvalue weighted by atomic mass is 16.1. The van der Waals surface area contributed by atoms with Crippen molar-refractivity contribution in [3.05, 3.63) is 0 Å². The summed E-state index contributed by atoms with van der Waals surface area (Å²) in [7, 11) is 0. The molecule has 0 bridgehead atoms. The van der Waals surface area contributed by atoms with Gasteiger partial charge in [-0.15, -0.1) is 0 Å². The lowest BCUT2D eigenvalue weighted by molar-refractivity contribution is -0.121. The lowest BCUT2D eigenvalue weighted by Crippen LogP contribution is -2.15. The molecule has 0 rings (SSSR count). The van der Waals surface area contributed by atoms with Gasteiger partial charge in [-0.25, -0.2) is 0 Å². The molecular weight excluding hydrogens is 152 g/mol. The molecule has 2 heteroatoms. The number of hydrogen-bond donors (Lipinski definition) is 0. The summed E-state index contributed by atoms with van der Waals surface area (Å²) in [4.78, 5) is 21.6. The van der Waals surface area contributed by atoms with Gasteiger partial charge in [0.2, 0.25) is 6.29 Å². The third-order valence-corrected chi connectivity index (χ3v) is 1.88. The Balaban J connectivity index is 3.77. The Bertz CT molecular complexity index is 141. The van der Waals surface area contributed by atoms with Crippen molar-refractivity contribution in [2.24, 2.45) is 5.92 Å². The standard InChI is InChI=1S/C10H17O2/c1-3-5-7-10(12)9(8-11)6-4-2/h9H,3-7H2,1-2H3. The normalized spacial score (nSPS) is 12.5. The van der Waals surface area contributed by atoms with E-state index in [4.69, 9.17) is 0 Å². The lowest BCUT2D eigenvalue weighted by atomic mass is 9.97. The first-order chi connectivity index (χ1) is 5.76. The van der Waals surface area contributed by atoms with Crippen LogP contribution in [0.1, 0.15) is 46.0 Å². The zero-order valence-electron chi connectivity index (χ0n) is 7.93. The number of carbonyl (C=O) groups excluding carboxylic acids is 2. The molecule has 0 amide bonds. The van der Waals surface area contributed by atoms with Crippen molar-refractivity contribution in [2.45, 2.75) is 46.0 Å². The predicted octanol–water partition coefficient (Wildman–Crippen LogP) is 2.27. The van der Waals surface area contributed by atoms with Crippen LogP contribution in [0, 0.1) is 5.92 Å². The van der Waals surface area contributed by atoms with Crippen molar-refractivity contribution >= 4 is 12.1 Å². The molecule has 0 spiro atoms. The van der Waals surface area contributed by atoms with Gasteiger partial charge < -0.3 is 0 Å². The summed E-state index contributed by atoms with van der Waals surface area (Å²) in [5, 5.41) is 0. The van der Waals surface area contributed by atoms with E-state index in [2.05, 4.69) is 0 Å². The molecule has 0 saturated heterocycles. The molecule has 0 heterocycles. The van der Waals surface area contributed by atoms with Crippen molar-refractivity contribution < 1.29 is 9.59 Å². The maximum absolute atomic E-state index is 11.3. The number of unbranched alkanes of at least 4 members (excludes halogenated alkanes) is 1. The number of carbonyl (C=O) groups is 1.